The lowest BCUT2D eigenvalue weighted by Crippen LogP contribution is -2.44. The highest BCUT2D eigenvalue weighted by molar-refractivity contribution is 6.08. The fraction of sp³-hybridized carbons (Fsp3) is 0.684. The number of carbonyl (C=O) groups excluding carboxylic acids is 2. The number of aromatic nitrogens is 2. The van der Waals surface area contributed by atoms with Crippen molar-refractivity contribution >= 4 is 18.1 Å². The molecule has 0 unspecified atom stereocenters. The van der Waals surface area contributed by atoms with Crippen molar-refractivity contribution < 1.29 is 28.5 Å². The Balaban J connectivity index is 0.00000352. The van der Waals surface area contributed by atoms with Crippen molar-refractivity contribution in [2.75, 3.05) is 19.1 Å². The molecule has 9 nitrogen and oxygen atoms in total. The van der Waals surface area contributed by atoms with E-state index in [1.165, 1.54) is 14.2 Å². The molecule has 0 aromatic carbocycles. The van der Waals surface area contributed by atoms with Crippen molar-refractivity contribution in [2.24, 2.45) is 0 Å². The normalized spacial score (nSPS) is 11.0. The van der Waals surface area contributed by atoms with Crippen LogP contribution in [-0.2, 0) is 9.47 Å². The zero-order chi connectivity index (χ0) is 22.3. The van der Waals surface area contributed by atoms with Gasteiger partial charge in [0, 0.05) is 0 Å². The van der Waals surface area contributed by atoms with Crippen LogP contribution >= 0.6 is 0 Å². The molecule has 0 radical (unpaired) electrons. The number of carbonyl (C=O) groups is 2. The summed E-state index contributed by atoms with van der Waals surface area (Å²) in [6.07, 6.45) is -1.94. The third kappa shape index (κ3) is 7.58. The largest absolute Gasteiger partial charge is 0.481 e. The van der Waals surface area contributed by atoms with Crippen molar-refractivity contribution in [1.29, 1.82) is 0 Å². The maximum absolute atomic E-state index is 12.6. The molecule has 1 aromatic rings. The van der Waals surface area contributed by atoms with E-state index >= 15 is 0 Å². The molecule has 0 saturated carbocycles. The van der Waals surface area contributed by atoms with Crippen LogP contribution in [0.1, 0.15) is 61.0 Å². The van der Waals surface area contributed by atoms with Gasteiger partial charge in [-0.15, -0.1) is 4.90 Å². The minimum Gasteiger partial charge on any atom is -0.481 e. The van der Waals surface area contributed by atoms with Crippen molar-refractivity contribution in [3.63, 3.8) is 0 Å². The Morgan fingerprint density at radius 2 is 1.11 bits per heavy atom. The number of methoxy groups -OCH3 is 2. The van der Waals surface area contributed by atoms with Gasteiger partial charge in [0.15, 0.2) is 0 Å². The first-order chi connectivity index (χ1) is 12.8. The zero-order valence-corrected chi connectivity index (χ0v) is 18.8. The number of hydrogen-bond donors (Lipinski definition) is 0. The molecule has 0 N–H and O–H groups in total. The summed E-state index contributed by atoms with van der Waals surface area (Å²) in [5, 5.41) is 0. The van der Waals surface area contributed by atoms with Crippen LogP contribution < -0.4 is 14.4 Å². The Bertz CT molecular complexity index is 624. The van der Waals surface area contributed by atoms with Gasteiger partial charge in [0.05, 0.1) is 19.8 Å². The molecule has 1 heterocycles. The SMILES string of the molecule is CC.COc1nc(N(C(=O)OC(C)(C)C)C(=O)OC(C)(C)C)nc(OC)c1C. The second-order valence-corrected chi connectivity index (χ2v) is 7.46. The summed E-state index contributed by atoms with van der Waals surface area (Å²) >= 11 is 0. The maximum atomic E-state index is 12.6. The number of amides is 2. The summed E-state index contributed by atoms with van der Waals surface area (Å²) in [6, 6.07) is 0. The molecule has 0 aliphatic carbocycles. The number of ether oxygens (including phenoxy) is 4. The standard InChI is InChI=1S/C17H27N3O6.C2H6/c1-10-11(23-8)18-13(19-12(10)24-9)20(14(21)25-16(2,3)4)15(22)26-17(5,6)7;1-2/h1-9H3;1-2H3. The monoisotopic (exact) mass is 399 g/mol. The van der Waals surface area contributed by atoms with Gasteiger partial charge in [0.25, 0.3) is 5.95 Å². The van der Waals surface area contributed by atoms with E-state index in [0.717, 1.165) is 0 Å². The molecule has 0 atom stereocenters. The molecule has 0 fully saturated rings. The van der Waals surface area contributed by atoms with E-state index in [-0.39, 0.29) is 17.7 Å². The van der Waals surface area contributed by atoms with E-state index < -0.39 is 23.4 Å². The Hall–Kier alpha value is -2.58. The summed E-state index contributed by atoms with van der Waals surface area (Å²) < 4.78 is 20.9. The molecular weight excluding hydrogens is 366 g/mol. The van der Waals surface area contributed by atoms with E-state index in [0.29, 0.717) is 10.5 Å². The van der Waals surface area contributed by atoms with Gasteiger partial charge >= 0.3 is 12.2 Å². The van der Waals surface area contributed by atoms with Gasteiger partial charge < -0.3 is 18.9 Å². The molecule has 0 saturated heterocycles. The van der Waals surface area contributed by atoms with Crippen LogP contribution in [0.2, 0.25) is 0 Å². The number of imide groups is 1. The summed E-state index contributed by atoms with van der Waals surface area (Å²) in [5.74, 6) is 0.0423. The van der Waals surface area contributed by atoms with E-state index in [1.54, 1.807) is 48.5 Å². The number of rotatable bonds is 3. The molecule has 2 amide bonds. The summed E-state index contributed by atoms with van der Waals surface area (Å²) in [5.41, 5.74) is -1.15. The van der Waals surface area contributed by atoms with Crippen LogP contribution in [0.4, 0.5) is 15.5 Å². The quantitative estimate of drug-likeness (QED) is 0.732. The smallest absolute Gasteiger partial charge is 0.427 e. The first kappa shape index (κ1) is 25.4. The molecule has 0 aliphatic heterocycles. The Labute approximate surface area is 167 Å². The highest BCUT2D eigenvalue weighted by Gasteiger charge is 2.35. The van der Waals surface area contributed by atoms with Crippen molar-refractivity contribution in [3.05, 3.63) is 5.56 Å². The van der Waals surface area contributed by atoms with Gasteiger partial charge in [-0.3, -0.25) is 0 Å². The van der Waals surface area contributed by atoms with Crippen LogP contribution in [0.3, 0.4) is 0 Å². The predicted molar refractivity (Wildman–Crippen MR) is 106 cm³/mol. The van der Waals surface area contributed by atoms with Gasteiger partial charge in [-0.25, -0.2) is 9.59 Å². The lowest BCUT2D eigenvalue weighted by atomic mass is 10.2. The highest BCUT2D eigenvalue weighted by atomic mass is 16.6. The summed E-state index contributed by atoms with van der Waals surface area (Å²) in [4.78, 5) is 34.1. The topological polar surface area (TPSA) is 100 Å². The van der Waals surface area contributed by atoms with E-state index in [4.69, 9.17) is 18.9 Å². The number of anilines is 1. The molecule has 0 bridgehead atoms. The van der Waals surface area contributed by atoms with E-state index in [9.17, 15) is 9.59 Å². The molecule has 9 heteroatoms. The highest BCUT2D eigenvalue weighted by Crippen LogP contribution is 2.28. The van der Waals surface area contributed by atoms with Crippen LogP contribution in [0, 0.1) is 6.92 Å². The second kappa shape index (κ2) is 10.1. The number of nitrogens with zero attached hydrogens (tertiary/aromatic N) is 3. The first-order valence-corrected chi connectivity index (χ1v) is 9.01. The van der Waals surface area contributed by atoms with Gasteiger partial charge in [-0.2, -0.15) is 9.97 Å². The lowest BCUT2D eigenvalue weighted by molar-refractivity contribution is 0.0427. The average molecular weight is 399 g/mol. The molecule has 0 aliphatic rings. The van der Waals surface area contributed by atoms with Gasteiger partial charge in [0.1, 0.15) is 11.2 Å². The number of hydrogen-bond acceptors (Lipinski definition) is 8. The van der Waals surface area contributed by atoms with Gasteiger partial charge in [0.2, 0.25) is 11.8 Å². The first-order valence-electron chi connectivity index (χ1n) is 9.01. The van der Waals surface area contributed by atoms with E-state index in [2.05, 4.69) is 9.97 Å². The van der Waals surface area contributed by atoms with Crippen LogP contribution in [-0.4, -0.2) is 47.6 Å². The minimum atomic E-state index is -0.972. The van der Waals surface area contributed by atoms with Crippen LogP contribution in [0.25, 0.3) is 0 Å². The van der Waals surface area contributed by atoms with Crippen LogP contribution in [0.15, 0.2) is 0 Å². The van der Waals surface area contributed by atoms with Crippen molar-refractivity contribution in [1.82, 2.24) is 9.97 Å². The fourth-order valence-corrected chi connectivity index (χ4v) is 1.82. The Morgan fingerprint density at radius 1 is 0.786 bits per heavy atom. The molecule has 160 valence electrons. The van der Waals surface area contributed by atoms with Crippen molar-refractivity contribution in [2.45, 2.75) is 73.5 Å². The van der Waals surface area contributed by atoms with Crippen molar-refractivity contribution in [3.8, 4) is 11.8 Å². The minimum absolute atomic E-state index is 0.156. The summed E-state index contributed by atoms with van der Waals surface area (Å²) in [6.45, 7) is 15.7. The maximum Gasteiger partial charge on any atom is 0.427 e. The zero-order valence-electron chi connectivity index (χ0n) is 18.8. The van der Waals surface area contributed by atoms with Gasteiger partial charge in [-0.1, -0.05) is 13.8 Å². The van der Waals surface area contributed by atoms with E-state index in [1.807, 2.05) is 13.8 Å². The average Bonchev–Trinajstić information content (AvgIpc) is 2.54. The molecule has 0 spiro atoms. The van der Waals surface area contributed by atoms with Gasteiger partial charge in [-0.05, 0) is 48.5 Å². The Morgan fingerprint density at radius 3 is 1.36 bits per heavy atom. The fourth-order valence-electron chi connectivity index (χ4n) is 1.82. The molecule has 1 rings (SSSR count). The summed E-state index contributed by atoms with van der Waals surface area (Å²) in [7, 11) is 2.81. The molecular formula is C19H33N3O6. The molecule has 28 heavy (non-hydrogen) atoms. The predicted octanol–water partition coefficient (Wildman–Crippen LogP) is 4.51. The van der Waals surface area contributed by atoms with Crippen LogP contribution in [0.5, 0.6) is 11.8 Å². The third-order valence-corrected chi connectivity index (χ3v) is 2.78. The second-order valence-electron chi connectivity index (χ2n) is 7.46. The lowest BCUT2D eigenvalue weighted by Gasteiger charge is -2.27. The third-order valence-electron chi connectivity index (χ3n) is 2.78. The molecule has 1 aromatic heterocycles. The Kier molecular flexibility index (Phi) is 9.17.